The predicted molar refractivity (Wildman–Crippen MR) is 127 cm³/mol. The lowest BCUT2D eigenvalue weighted by Gasteiger charge is -2.09. The molecule has 0 fully saturated rings. The molecule has 0 radical (unpaired) electrons. The van der Waals surface area contributed by atoms with Crippen LogP contribution in [0.1, 0.15) is 10.4 Å². The second-order valence-corrected chi connectivity index (χ2v) is 8.02. The lowest BCUT2D eigenvalue weighted by Crippen LogP contribution is -2.15. The van der Waals surface area contributed by atoms with Gasteiger partial charge in [-0.2, -0.15) is 4.68 Å². The van der Waals surface area contributed by atoms with E-state index in [0.717, 1.165) is 17.8 Å². The predicted octanol–water partition coefficient (Wildman–Crippen LogP) is 2.47. The van der Waals surface area contributed by atoms with E-state index in [9.17, 15) is 25.0 Å². The summed E-state index contributed by atoms with van der Waals surface area (Å²) >= 11 is 0.773. The van der Waals surface area contributed by atoms with Crippen LogP contribution in [0.25, 0.3) is 5.69 Å². The van der Waals surface area contributed by atoms with Crippen LogP contribution in [-0.2, 0) is 18.9 Å². The molecule has 2 aromatic carbocycles. The zero-order valence-electron chi connectivity index (χ0n) is 19.5. The first kappa shape index (κ1) is 27.6. The molecule has 0 bridgehead atoms. The first-order valence-electron chi connectivity index (χ1n) is 10.7. The molecule has 0 aliphatic carbocycles. The normalized spacial score (nSPS) is 10.8. The van der Waals surface area contributed by atoms with Gasteiger partial charge in [0.25, 0.3) is 11.4 Å². The topological polar surface area (TPSA) is 184 Å². The Morgan fingerprint density at radius 2 is 1.59 bits per heavy atom. The van der Waals surface area contributed by atoms with E-state index in [1.807, 2.05) is 0 Å². The number of para-hydroxylation sites is 1. The maximum Gasteiger partial charge on any atom is 0.345 e. The van der Waals surface area contributed by atoms with Gasteiger partial charge in [-0.25, -0.2) is 4.79 Å². The second-order valence-electron chi connectivity index (χ2n) is 7.02. The highest BCUT2D eigenvalue weighted by Crippen LogP contribution is 2.38. The van der Waals surface area contributed by atoms with Gasteiger partial charge in [-0.1, -0.05) is 18.2 Å². The number of benzene rings is 2. The van der Waals surface area contributed by atoms with Crippen molar-refractivity contribution in [3.8, 4) is 5.69 Å². The van der Waals surface area contributed by atoms with Crippen LogP contribution in [0.4, 0.5) is 11.4 Å². The van der Waals surface area contributed by atoms with Crippen molar-refractivity contribution >= 4 is 29.1 Å². The number of carbonyl (C=O) groups is 1. The van der Waals surface area contributed by atoms with Gasteiger partial charge < -0.3 is 18.9 Å². The Balaban J connectivity index is 1.75. The first-order valence-corrected chi connectivity index (χ1v) is 11.5. The maximum absolute atomic E-state index is 12.7. The highest BCUT2D eigenvalue weighted by Gasteiger charge is 2.30. The Kier molecular flexibility index (Phi) is 10.4. The van der Waals surface area contributed by atoms with Crippen molar-refractivity contribution in [2.24, 2.45) is 0 Å². The van der Waals surface area contributed by atoms with E-state index < -0.39 is 32.8 Å². The van der Waals surface area contributed by atoms with Gasteiger partial charge in [-0.05, 0) is 40.4 Å². The summed E-state index contributed by atoms with van der Waals surface area (Å²) in [5.41, 5.74) is -1.23. The Morgan fingerprint density at radius 1 is 0.946 bits per heavy atom. The van der Waals surface area contributed by atoms with Crippen LogP contribution in [0.5, 0.6) is 0 Å². The number of nitro benzene ring substituents is 2. The largest absolute Gasteiger partial charge is 0.459 e. The van der Waals surface area contributed by atoms with E-state index in [-0.39, 0.29) is 29.9 Å². The van der Waals surface area contributed by atoms with E-state index >= 15 is 0 Å². The van der Waals surface area contributed by atoms with Crippen molar-refractivity contribution in [2.75, 3.05) is 46.8 Å². The molecule has 3 rings (SSSR count). The quantitative estimate of drug-likeness (QED) is 0.120. The van der Waals surface area contributed by atoms with Crippen LogP contribution >= 0.6 is 11.8 Å². The molecule has 0 aliphatic heterocycles. The van der Waals surface area contributed by atoms with E-state index in [0.29, 0.717) is 31.6 Å². The van der Waals surface area contributed by atoms with E-state index in [2.05, 4.69) is 15.5 Å². The third-order valence-corrected chi connectivity index (χ3v) is 5.58. The van der Waals surface area contributed by atoms with Gasteiger partial charge in [0.05, 0.1) is 59.5 Å². The molecule has 0 spiro atoms. The number of hydrogen-bond acceptors (Lipinski definition) is 13. The molecular formula is C21H22N6O9S. The Labute approximate surface area is 213 Å². The molecule has 1 aromatic heterocycles. The van der Waals surface area contributed by atoms with Gasteiger partial charge >= 0.3 is 5.97 Å². The molecule has 1 heterocycles. The summed E-state index contributed by atoms with van der Waals surface area (Å²) < 4.78 is 21.8. The number of nitrogens with zero attached hydrogens (tertiary/aromatic N) is 6. The van der Waals surface area contributed by atoms with Crippen LogP contribution in [0.3, 0.4) is 0 Å². The summed E-state index contributed by atoms with van der Waals surface area (Å²) in [4.78, 5) is 34.1. The molecule has 3 aromatic rings. The first-order chi connectivity index (χ1) is 17.9. The minimum absolute atomic E-state index is 0.0214. The van der Waals surface area contributed by atoms with Crippen molar-refractivity contribution in [1.82, 2.24) is 20.2 Å². The zero-order chi connectivity index (χ0) is 26.6. The van der Waals surface area contributed by atoms with E-state index in [4.69, 9.17) is 18.9 Å². The molecule has 0 atom stereocenters. The summed E-state index contributed by atoms with van der Waals surface area (Å²) in [5, 5.41) is 34.8. The van der Waals surface area contributed by atoms with Gasteiger partial charge in [0.1, 0.15) is 12.2 Å². The summed E-state index contributed by atoms with van der Waals surface area (Å²) in [7, 11) is 1.55. The van der Waals surface area contributed by atoms with Crippen molar-refractivity contribution in [3.63, 3.8) is 0 Å². The number of methoxy groups -OCH3 is 1. The highest BCUT2D eigenvalue weighted by atomic mass is 32.2. The second kappa shape index (κ2) is 13.9. The Bertz CT molecular complexity index is 1220. The van der Waals surface area contributed by atoms with Gasteiger partial charge in [0.2, 0.25) is 5.16 Å². The van der Waals surface area contributed by atoms with Gasteiger partial charge in [-0.3, -0.25) is 20.2 Å². The lowest BCUT2D eigenvalue weighted by atomic mass is 10.1. The van der Waals surface area contributed by atoms with Crippen LogP contribution in [0, 0.1) is 20.2 Å². The fourth-order valence-electron chi connectivity index (χ4n) is 2.90. The number of tetrazole rings is 1. The Hall–Kier alpha value is -3.99. The number of aromatic nitrogens is 4. The van der Waals surface area contributed by atoms with Gasteiger partial charge in [-0.15, -0.1) is 5.10 Å². The van der Waals surface area contributed by atoms with Gasteiger partial charge in [0.15, 0.2) is 0 Å². The monoisotopic (exact) mass is 534 g/mol. The number of nitro groups is 2. The SMILES string of the molecule is COCCOCCOCCOC(=O)c1cc(Sc2nnnn2-c2ccccc2)c([N+](=O)[O-])cc1[N+](=O)[O-]. The van der Waals surface area contributed by atoms with Crippen LogP contribution in [0.2, 0.25) is 0 Å². The minimum Gasteiger partial charge on any atom is -0.459 e. The van der Waals surface area contributed by atoms with Crippen molar-refractivity contribution in [1.29, 1.82) is 0 Å². The third-order valence-electron chi connectivity index (χ3n) is 4.60. The minimum atomic E-state index is -1.04. The summed E-state index contributed by atoms with van der Waals surface area (Å²) in [6.07, 6.45) is 0. The molecule has 37 heavy (non-hydrogen) atoms. The number of rotatable bonds is 15. The summed E-state index contributed by atoms with van der Waals surface area (Å²) in [5.74, 6) is -1.04. The van der Waals surface area contributed by atoms with Crippen LogP contribution < -0.4 is 0 Å². The highest BCUT2D eigenvalue weighted by molar-refractivity contribution is 7.99. The lowest BCUT2D eigenvalue weighted by molar-refractivity contribution is -0.396. The Morgan fingerprint density at radius 3 is 2.24 bits per heavy atom. The zero-order valence-corrected chi connectivity index (χ0v) is 20.4. The van der Waals surface area contributed by atoms with Crippen LogP contribution in [0.15, 0.2) is 52.5 Å². The number of hydrogen-bond donors (Lipinski definition) is 0. The molecule has 16 heteroatoms. The summed E-state index contributed by atoms with van der Waals surface area (Å²) in [6.45, 7) is 1.25. The molecule has 0 amide bonds. The molecule has 0 unspecified atom stereocenters. The smallest absolute Gasteiger partial charge is 0.345 e. The fourth-order valence-corrected chi connectivity index (χ4v) is 3.82. The number of ether oxygens (including phenoxy) is 4. The van der Waals surface area contributed by atoms with Crippen molar-refractivity contribution in [3.05, 3.63) is 68.3 Å². The molecule has 0 saturated carbocycles. The van der Waals surface area contributed by atoms with Crippen LogP contribution in [-0.4, -0.2) is 82.8 Å². The van der Waals surface area contributed by atoms with E-state index in [1.165, 1.54) is 4.68 Å². The van der Waals surface area contributed by atoms with Crippen molar-refractivity contribution < 1.29 is 33.6 Å². The maximum atomic E-state index is 12.7. The van der Waals surface area contributed by atoms with Crippen molar-refractivity contribution in [2.45, 2.75) is 10.1 Å². The molecule has 0 N–H and O–H groups in total. The average molecular weight is 535 g/mol. The third kappa shape index (κ3) is 7.74. The standard InChI is InChI=1S/C21H22N6O9S/c1-33-7-8-34-9-10-35-11-12-36-20(28)16-13-19(18(27(31)32)14-17(16)26(29)30)37-21-22-23-24-25(21)15-5-3-2-4-6-15/h2-6,13-14H,7-12H2,1H3. The fraction of sp³-hybridized carbons (Fsp3) is 0.333. The summed E-state index contributed by atoms with van der Waals surface area (Å²) in [6, 6.07) is 10.5. The molecule has 0 saturated heterocycles. The average Bonchev–Trinajstić information content (AvgIpc) is 3.35. The molecule has 196 valence electrons. The molecule has 0 aliphatic rings. The molecular weight excluding hydrogens is 512 g/mol. The number of esters is 1. The van der Waals surface area contributed by atoms with E-state index in [1.54, 1.807) is 37.4 Å². The number of carbonyl (C=O) groups excluding carboxylic acids is 1. The van der Waals surface area contributed by atoms with Gasteiger partial charge in [0, 0.05) is 7.11 Å². The molecule has 15 nitrogen and oxygen atoms in total.